The van der Waals surface area contributed by atoms with Crippen molar-refractivity contribution in [3.63, 3.8) is 0 Å². The molecule has 2 rings (SSSR count). The average Bonchev–Trinajstić information content (AvgIpc) is 2.78. The maximum absolute atomic E-state index is 12.1. The Morgan fingerprint density at radius 1 is 1.47 bits per heavy atom. The monoisotopic (exact) mass is 263 g/mol. The van der Waals surface area contributed by atoms with Crippen LogP contribution in [0.2, 0.25) is 0 Å². The van der Waals surface area contributed by atoms with Gasteiger partial charge in [0.25, 0.3) is 0 Å². The van der Waals surface area contributed by atoms with E-state index in [9.17, 15) is 4.21 Å². The largest absolute Gasteiger partial charge is 0.384 e. The normalized spacial score (nSPS) is 34.0. The summed E-state index contributed by atoms with van der Waals surface area (Å²) < 4.78 is 28.4. The van der Waals surface area contributed by atoms with Crippen molar-refractivity contribution in [1.82, 2.24) is 0 Å². The van der Waals surface area contributed by atoms with Crippen LogP contribution in [0.5, 0.6) is 0 Å². The van der Waals surface area contributed by atoms with Crippen LogP contribution in [-0.2, 0) is 25.0 Å². The van der Waals surface area contributed by atoms with Gasteiger partial charge in [-0.25, -0.2) is 0 Å². The van der Waals surface area contributed by atoms with Gasteiger partial charge in [-0.2, -0.15) is 0 Å². The van der Waals surface area contributed by atoms with Crippen LogP contribution in [0.4, 0.5) is 0 Å². The molecule has 5 nitrogen and oxygen atoms in total. The standard InChI is InChI=1S/C11H21NO4S/c1-14-6-7-17(13)10-8-11(3-2-9(10)12)15-4-5-16-11/h9-10H,2-8,12H2,1H3. The Morgan fingerprint density at radius 2 is 2.18 bits per heavy atom. The molecule has 6 heteroatoms. The molecule has 2 fully saturated rings. The summed E-state index contributed by atoms with van der Waals surface area (Å²) in [5.41, 5.74) is 6.06. The van der Waals surface area contributed by atoms with E-state index in [4.69, 9.17) is 19.9 Å². The number of hydrogen-bond acceptors (Lipinski definition) is 5. The summed E-state index contributed by atoms with van der Waals surface area (Å²) in [5, 5.41) is -0.0444. The van der Waals surface area contributed by atoms with Crippen LogP contribution < -0.4 is 5.73 Å². The van der Waals surface area contributed by atoms with Gasteiger partial charge < -0.3 is 19.9 Å². The Labute approximate surface area is 104 Å². The summed E-state index contributed by atoms with van der Waals surface area (Å²) in [4.78, 5) is 0. The van der Waals surface area contributed by atoms with E-state index < -0.39 is 16.6 Å². The fourth-order valence-electron chi connectivity index (χ4n) is 2.50. The summed E-state index contributed by atoms with van der Waals surface area (Å²) in [7, 11) is 0.645. The molecule has 1 spiro atoms. The second-order valence-corrected chi connectivity index (χ2v) is 6.41. The first-order chi connectivity index (χ1) is 8.17. The van der Waals surface area contributed by atoms with E-state index in [1.807, 2.05) is 0 Å². The first-order valence-corrected chi connectivity index (χ1v) is 7.45. The predicted octanol–water partition coefficient (Wildman–Crippen LogP) is 0.00440. The molecule has 0 aromatic heterocycles. The molecule has 1 aliphatic carbocycles. The van der Waals surface area contributed by atoms with Crippen molar-refractivity contribution in [3.8, 4) is 0 Å². The van der Waals surface area contributed by atoms with Gasteiger partial charge >= 0.3 is 0 Å². The van der Waals surface area contributed by atoms with Gasteiger partial charge in [0.15, 0.2) is 5.79 Å². The van der Waals surface area contributed by atoms with E-state index in [1.54, 1.807) is 7.11 Å². The van der Waals surface area contributed by atoms with Crippen molar-refractivity contribution < 1.29 is 18.4 Å². The molecule has 3 atom stereocenters. The number of ether oxygens (including phenoxy) is 3. The number of nitrogens with two attached hydrogens (primary N) is 1. The average molecular weight is 263 g/mol. The molecule has 0 aromatic carbocycles. The molecule has 1 saturated carbocycles. The maximum Gasteiger partial charge on any atom is 0.169 e. The summed E-state index contributed by atoms with van der Waals surface area (Å²) in [6.07, 6.45) is 2.26. The molecule has 0 bridgehead atoms. The quantitative estimate of drug-likeness (QED) is 0.773. The summed E-state index contributed by atoms with van der Waals surface area (Å²) >= 11 is 0. The van der Waals surface area contributed by atoms with Crippen molar-refractivity contribution in [2.24, 2.45) is 5.73 Å². The van der Waals surface area contributed by atoms with E-state index in [1.165, 1.54) is 0 Å². The SMILES string of the molecule is COCCS(=O)C1CC2(CCC1N)OCCO2. The third kappa shape index (κ3) is 3.06. The Hall–Kier alpha value is -0.0100. The predicted molar refractivity (Wildman–Crippen MR) is 65.1 cm³/mol. The fraction of sp³-hybridized carbons (Fsp3) is 1.00. The fourth-order valence-corrected chi connectivity index (χ4v) is 4.10. The number of methoxy groups -OCH3 is 1. The molecular formula is C11H21NO4S. The zero-order chi connectivity index (χ0) is 12.3. The van der Waals surface area contributed by atoms with E-state index in [0.29, 0.717) is 32.0 Å². The summed E-state index contributed by atoms with van der Waals surface area (Å²) in [6.45, 7) is 1.77. The van der Waals surface area contributed by atoms with Crippen molar-refractivity contribution >= 4 is 10.8 Å². The summed E-state index contributed by atoms with van der Waals surface area (Å²) in [5.74, 6) is 0.0220. The van der Waals surface area contributed by atoms with Gasteiger partial charge in [-0.05, 0) is 6.42 Å². The molecule has 17 heavy (non-hydrogen) atoms. The second kappa shape index (κ2) is 5.75. The number of hydrogen-bond donors (Lipinski definition) is 1. The van der Waals surface area contributed by atoms with E-state index >= 15 is 0 Å². The Bertz CT molecular complexity index is 281. The molecule has 2 aliphatic rings. The lowest BCUT2D eigenvalue weighted by atomic mass is 9.90. The van der Waals surface area contributed by atoms with Gasteiger partial charge in [0.1, 0.15) is 0 Å². The topological polar surface area (TPSA) is 70.8 Å². The zero-order valence-corrected chi connectivity index (χ0v) is 11.0. The van der Waals surface area contributed by atoms with Crippen LogP contribution >= 0.6 is 0 Å². The molecule has 0 aromatic rings. The highest BCUT2D eigenvalue weighted by molar-refractivity contribution is 7.85. The van der Waals surface area contributed by atoms with Gasteiger partial charge in [0, 0.05) is 42.5 Å². The smallest absolute Gasteiger partial charge is 0.169 e. The van der Waals surface area contributed by atoms with Crippen LogP contribution in [0.15, 0.2) is 0 Å². The molecule has 100 valence electrons. The Kier molecular flexibility index (Phi) is 4.54. The number of rotatable bonds is 4. The molecule has 3 unspecified atom stereocenters. The van der Waals surface area contributed by atoms with Crippen LogP contribution in [0.25, 0.3) is 0 Å². The zero-order valence-electron chi connectivity index (χ0n) is 10.2. The van der Waals surface area contributed by atoms with Gasteiger partial charge in [0.05, 0.1) is 25.1 Å². The highest BCUT2D eigenvalue weighted by Gasteiger charge is 2.45. The van der Waals surface area contributed by atoms with Crippen molar-refractivity contribution in [3.05, 3.63) is 0 Å². The first kappa shape index (κ1) is 13.4. The molecule has 0 amide bonds. The lowest BCUT2D eigenvalue weighted by Crippen LogP contribution is -2.51. The summed E-state index contributed by atoms with van der Waals surface area (Å²) in [6, 6.07) is -0.0221. The van der Waals surface area contributed by atoms with Crippen molar-refractivity contribution in [1.29, 1.82) is 0 Å². The molecule has 1 heterocycles. The third-order valence-electron chi connectivity index (χ3n) is 3.49. The van der Waals surface area contributed by atoms with Gasteiger partial charge in [-0.15, -0.1) is 0 Å². The van der Waals surface area contributed by atoms with Gasteiger partial charge in [-0.1, -0.05) is 0 Å². The van der Waals surface area contributed by atoms with Crippen molar-refractivity contribution in [2.45, 2.75) is 36.3 Å². The van der Waals surface area contributed by atoms with Crippen LogP contribution in [0, 0.1) is 0 Å². The molecular weight excluding hydrogens is 242 g/mol. The first-order valence-electron chi connectivity index (χ1n) is 6.06. The van der Waals surface area contributed by atoms with Crippen molar-refractivity contribution in [2.75, 3.05) is 32.7 Å². The molecule has 2 N–H and O–H groups in total. The minimum absolute atomic E-state index is 0.0221. The highest BCUT2D eigenvalue weighted by atomic mass is 32.2. The van der Waals surface area contributed by atoms with E-state index in [2.05, 4.69) is 0 Å². The highest BCUT2D eigenvalue weighted by Crippen LogP contribution is 2.37. The molecule has 1 saturated heterocycles. The van der Waals surface area contributed by atoms with Crippen LogP contribution in [-0.4, -0.2) is 54.0 Å². The minimum Gasteiger partial charge on any atom is -0.384 e. The second-order valence-electron chi connectivity index (χ2n) is 4.63. The van der Waals surface area contributed by atoms with Gasteiger partial charge in [0.2, 0.25) is 0 Å². The minimum atomic E-state index is -0.968. The third-order valence-corrected chi connectivity index (χ3v) is 5.25. The maximum atomic E-state index is 12.1. The molecule has 1 aliphatic heterocycles. The van der Waals surface area contributed by atoms with E-state index in [0.717, 1.165) is 12.8 Å². The lowest BCUT2D eigenvalue weighted by molar-refractivity contribution is -0.177. The van der Waals surface area contributed by atoms with Gasteiger partial charge in [-0.3, -0.25) is 4.21 Å². The van der Waals surface area contributed by atoms with Crippen LogP contribution in [0.3, 0.4) is 0 Å². The Balaban J connectivity index is 1.96. The molecule has 0 radical (unpaired) electrons. The lowest BCUT2D eigenvalue weighted by Gasteiger charge is -2.39. The van der Waals surface area contributed by atoms with E-state index in [-0.39, 0.29) is 11.3 Å². The van der Waals surface area contributed by atoms with Crippen LogP contribution in [0.1, 0.15) is 19.3 Å². The Morgan fingerprint density at radius 3 is 2.82 bits per heavy atom.